The number of hydrogen-bond donors (Lipinski definition) is 0. The molecule has 0 N–H and O–H groups in total. The van der Waals surface area contributed by atoms with Gasteiger partial charge in [0.15, 0.2) is 0 Å². The second-order valence-corrected chi connectivity index (χ2v) is 7.16. The van der Waals surface area contributed by atoms with Gasteiger partial charge >= 0.3 is 0 Å². The molecule has 0 saturated carbocycles. The highest BCUT2D eigenvalue weighted by molar-refractivity contribution is 5.79. The van der Waals surface area contributed by atoms with Crippen LogP contribution in [0.5, 0.6) is 0 Å². The number of amides is 1. The van der Waals surface area contributed by atoms with Crippen molar-refractivity contribution >= 4 is 5.91 Å². The topological polar surface area (TPSA) is 55.6 Å². The number of carbonyl (C=O) groups excluding carboxylic acids is 1. The zero-order chi connectivity index (χ0) is 18.0. The first kappa shape index (κ1) is 17.7. The number of aryl methyl sites for hydroxylation is 2. The molecule has 0 aliphatic carbocycles. The molecular weight excluding hydrogens is 316 g/mol. The largest absolute Gasteiger partial charge is 0.441 e. The van der Waals surface area contributed by atoms with Crippen molar-refractivity contribution in [3.8, 4) is 11.5 Å². The minimum absolute atomic E-state index is 0.0672. The van der Waals surface area contributed by atoms with E-state index in [1.807, 2.05) is 37.8 Å². The van der Waals surface area contributed by atoms with Gasteiger partial charge in [-0.15, -0.1) is 0 Å². The van der Waals surface area contributed by atoms with Crippen molar-refractivity contribution in [3.05, 3.63) is 41.3 Å². The number of nitrogens with zero attached hydrogens (tertiary/aromatic N) is 2. The molecule has 1 aromatic heterocycles. The number of rotatable bonds is 4. The third-order valence-corrected chi connectivity index (χ3v) is 4.77. The Morgan fingerprint density at radius 3 is 2.64 bits per heavy atom. The van der Waals surface area contributed by atoms with E-state index in [2.05, 4.69) is 24.0 Å². The molecule has 1 aliphatic rings. The van der Waals surface area contributed by atoms with Crippen LogP contribution < -0.4 is 0 Å². The van der Waals surface area contributed by atoms with E-state index in [1.165, 1.54) is 5.56 Å². The van der Waals surface area contributed by atoms with Crippen molar-refractivity contribution in [2.45, 2.75) is 46.1 Å². The van der Waals surface area contributed by atoms with Crippen molar-refractivity contribution in [1.82, 2.24) is 9.88 Å². The quantitative estimate of drug-likeness (QED) is 0.854. The summed E-state index contributed by atoms with van der Waals surface area (Å²) in [5.74, 6) is 1.34. The first-order valence-corrected chi connectivity index (χ1v) is 8.84. The Hall–Kier alpha value is -2.14. The van der Waals surface area contributed by atoms with Crippen molar-refractivity contribution < 1.29 is 13.9 Å². The fourth-order valence-corrected chi connectivity index (χ4v) is 3.16. The lowest BCUT2D eigenvalue weighted by Gasteiger charge is -2.42. The van der Waals surface area contributed by atoms with Crippen LogP contribution in [0.2, 0.25) is 0 Å². The summed E-state index contributed by atoms with van der Waals surface area (Å²) in [5, 5.41) is 0. The normalized spacial score (nSPS) is 16.9. The van der Waals surface area contributed by atoms with Crippen molar-refractivity contribution in [2.24, 2.45) is 0 Å². The summed E-state index contributed by atoms with van der Waals surface area (Å²) in [7, 11) is 0. The number of benzene rings is 1. The molecule has 1 saturated heterocycles. The highest BCUT2D eigenvalue weighted by atomic mass is 16.5. The number of oxazole rings is 1. The van der Waals surface area contributed by atoms with E-state index in [1.54, 1.807) is 0 Å². The molecule has 5 heteroatoms. The molecule has 1 aromatic carbocycles. The van der Waals surface area contributed by atoms with Crippen molar-refractivity contribution in [2.75, 3.05) is 19.8 Å². The Bertz CT molecular complexity index is 747. The number of morpholine rings is 1. The number of carbonyl (C=O) groups is 1. The first-order chi connectivity index (χ1) is 11.9. The average molecular weight is 342 g/mol. The third-order valence-electron chi connectivity index (χ3n) is 4.77. The maximum atomic E-state index is 12.8. The van der Waals surface area contributed by atoms with Crippen LogP contribution in [0.4, 0.5) is 0 Å². The molecule has 0 unspecified atom stereocenters. The molecule has 1 amide bonds. The van der Waals surface area contributed by atoms with Gasteiger partial charge in [-0.2, -0.15) is 0 Å². The molecule has 0 bridgehead atoms. The van der Waals surface area contributed by atoms with Gasteiger partial charge in [0.05, 0.1) is 30.9 Å². The van der Waals surface area contributed by atoms with Gasteiger partial charge in [-0.1, -0.05) is 19.1 Å². The summed E-state index contributed by atoms with van der Waals surface area (Å²) in [4.78, 5) is 19.2. The standard InChI is InChI=1S/C20H26N2O3/c1-5-15-6-8-16(9-7-15)19-21-17(14(2)25-19)12-18(23)22-10-11-24-13-20(22,3)4/h6-9H,5,10-13H2,1-4H3. The van der Waals surface area contributed by atoms with Gasteiger partial charge in [0.2, 0.25) is 11.8 Å². The van der Waals surface area contributed by atoms with E-state index in [0.29, 0.717) is 37.1 Å². The van der Waals surface area contributed by atoms with E-state index < -0.39 is 0 Å². The van der Waals surface area contributed by atoms with Crippen LogP contribution in [0.25, 0.3) is 11.5 Å². The monoisotopic (exact) mass is 342 g/mol. The minimum Gasteiger partial charge on any atom is -0.441 e. The smallest absolute Gasteiger partial charge is 0.229 e. The molecular formula is C20H26N2O3. The maximum absolute atomic E-state index is 12.8. The molecule has 0 radical (unpaired) electrons. The molecule has 0 atom stereocenters. The first-order valence-electron chi connectivity index (χ1n) is 8.84. The van der Waals surface area contributed by atoms with E-state index in [9.17, 15) is 4.79 Å². The fourth-order valence-electron chi connectivity index (χ4n) is 3.16. The molecule has 1 aliphatic heterocycles. The van der Waals surface area contributed by atoms with E-state index in [-0.39, 0.29) is 17.9 Å². The van der Waals surface area contributed by atoms with Gasteiger partial charge < -0.3 is 14.1 Å². The number of hydrogen-bond acceptors (Lipinski definition) is 4. The van der Waals surface area contributed by atoms with Crippen LogP contribution in [0, 0.1) is 6.92 Å². The Morgan fingerprint density at radius 2 is 2.00 bits per heavy atom. The van der Waals surface area contributed by atoms with Crippen LogP contribution in [0.3, 0.4) is 0 Å². The SMILES string of the molecule is CCc1ccc(-c2nc(CC(=O)N3CCOCC3(C)C)c(C)o2)cc1. The zero-order valence-corrected chi connectivity index (χ0v) is 15.5. The Kier molecular flexibility index (Phi) is 4.95. The zero-order valence-electron chi connectivity index (χ0n) is 15.5. The summed E-state index contributed by atoms with van der Waals surface area (Å²) in [6, 6.07) is 8.19. The van der Waals surface area contributed by atoms with Gasteiger partial charge in [-0.3, -0.25) is 4.79 Å². The lowest BCUT2D eigenvalue weighted by atomic mass is 10.0. The molecule has 3 rings (SSSR count). The second-order valence-electron chi connectivity index (χ2n) is 7.16. The molecule has 2 heterocycles. The summed E-state index contributed by atoms with van der Waals surface area (Å²) in [5.41, 5.74) is 2.63. The highest BCUT2D eigenvalue weighted by Gasteiger charge is 2.34. The van der Waals surface area contributed by atoms with E-state index >= 15 is 0 Å². The number of aromatic nitrogens is 1. The Balaban J connectivity index is 1.77. The minimum atomic E-state index is -0.286. The average Bonchev–Trinajstić information content (AvgIpc) is 2.95. The van der Waals surface area contributed by atoms with Crippen LogP contribution >= 0.6 is 0 Å². The Labute approximate surface area is 149 Å². The van der Waals surface area contributed by atoms with Gasteiger partial charge in [0, 0.05) is 12.1 Å². The molecule has 5 nitrogen and oxygen atoms in total. The predicted molar refractivity (Wildman–Crippen MR) is 96.4 cm³/mol. The molecule has 25 heavy (non-hydrogen) atoms. The summed E-state index contributed by atoms with van der Waals surface area (Å²) >= 11 is 0. The summed E-state index contributed by atoms with van der Waals surface area (Å²) in [6.45, 7) is 9.81. The second kappa shape index (κ2) is 7.00. The molecule has 1 fully saturated rings. The Morgan fingerprint density at radius 1 is 1.28 bits per heavy atom. The van der Waals surface area contributed by atoms with Crippen LogP contribution in [-0.2, 0) is 22.4 Å². The third kappa shape index (κ3) is 3.76. The maximum Gasteiger partial charge on any atom is 0.229 e. The fraction of sp³-hybridized carbons (Fsp3) is 0.500. The van der Waals surface area contributed by atoms with E-state index in [0.717, 1.165) is 12.0 Å². The lowest BCUT2D eigenvalue weighted by molar-refractivity contribution is -0.145. The van der Waals surface area contributed by atoms with Crippen LogP contribution in [-0.4, -0.2) is 41.1 Å². The van der Waals surface area contributed by atoms with Gasteiger partial charge in [0.1, 0.15) is 5.76 Å². The van der Waals surface area contributed by atoms with Crippen molar-refractivity contribution in [3.63, 3.8) is 0 Å². The summed E-state index contributed by atoms with van der Waals surface area (Å²) in [6.07, 6.45) is 1.26. The van der Waals surface area contributed by atoms with Crippen LogP contribution in [0.15, 0.2) is 28.7 Å². The predicted octanol–water partition coefficient (Wildman–Crippen LogP) is 3.39. The summed E-state index contributed by atoms with van der Waals surface area (Å²) < 4.78 is 11.3. The highest BCUT2D eigenvalue weighted by Crippen LogP contribution is 2.25. The van der Waals surface area contributed by atoms with Gasteiger partial charge in [-0.25, -0.2) is 4.98 Å². The van der Waals surface area contributed by atoms with Crippen molar-refractivity contribution in [1.29, 1.82) is 0 Å². The lowest BCUT2D eigenvalue weighted by Crippen LogP contribution is -2.56. The number of ether oxygens (including phenoxy) is 1. The molecule has 0 spiro atoms. The van der Waals surface area contributed by atoms with Gasteiger partial charge in [0.25, 0.3) is 0 Å². The van der Waals surface area contributed by atoms with Crippen LogP contribution in [0.1, 0.15) is 37.8 Å². The molecule has 2 aromatic rings. The molecule has 134 valence electrons. The van der Waals surface area contributed by atoms with Gasteiger partial charge in [-0.05, 0) is 44.9 Å². The van der Waals surface area contributed by atoms with E-state index in [4.69, 9.17) is 9.15 Å².